The second-order valence-electron chi connectivity index (χ2n) is 6.59. The second kappa shape index (κ2) is 8.77. The van der Waals surface area contributed by atoms with E-state index in [0.717, 1.165) is 35.8 Å². The van der Waals surface area contributed by atoms with Crippen LogP contribution in [-0.2, 0) is 4.79 Å². The molecular formula is C21H26N2O4. The zero-order valence-electron chi connectivity index (χ0n) is 15.7. The van der Waals surface area contributed by atoms with Crippen LogP contribution in [0, 0.1) is 0 Å². The fourth-order valence-electron chi connectivity index (χ4n) is 3.04. The molecule has 1 amide bonds. The lowest BCUT2D eigenvalue weighted by molar-refractivity contribution is -0.124. The fraction of sp³-hybridized carbons (Fsp3) is 0.381. The number of carbonyl (C=O) groups is 1. The smallest absolute Gasteiger partial charge is 0.246 e. The van der Waals surface area contributed by atoms with Crippen molar-refractivity contribution in [3.05, 3.63) is 54.1 Å². The van der Waals surface area contributed by atoms with Gasteiger partial charge in [0.05, 0.1) is 25.7 Å². The van der Waals surface area contributed by atoms with Crippen molar-refractivity contribution in [3.8, 4) is 11.5 Å². The summed E-state index contributed by atoms with van der Waals surface area (Å²) in [6.45, 7) is 5.69. The van der Waals surface area contributed by atoms with E-state index in [1.807, 2.05) is 62.4 Å². The van der Waals surface area contributed by atoms with Gasteiger partial charge < -0.3 is 24.8 Å². The standard InChI is InChI=1S/C21H26N2O4/c1-3-26-18-8-10-19(11-9-18)27-20-12-23(13-20)17-6-4-16(5-7-17)15(2)22-21(25)14-24/h4-11,15,20,24H,3,12-14H2,1-2H3,(H,22,25)/t15-/m0/s1. The van der Waals surface area contributed by atoms with Crippen LogP contribution in [-0.4, -0.2) is 43.4 Å². The first kappa shape index (κ1) is 19.0. The lowest BCUT2D eigenvalue weighted by Crippen LogP contribution is -2.54. The van der Waals surface area contributed by atoms with Crippen LogP contribution in [0.4, 0.5) is 5.69 Å². The molecule has 0 saturated carbocycles. The molecule has 1 fully saturated rings. The molecule has 0 unspecified atom stereocenters. The normalized spacial score (nSPS) is 15.0. The van der Waals surface area contributed by atoms with E-state index in [0.29, 0.717) is 6.61 Å². The molecule has 144 valence electrons. The van der Waals surface area contributed by atoms with Crippen molar-refractivity contribution in [3.63, 3.8) is 0 Å². The van der Waals surface area contributed by atoms with Crippen LogP contribution >= 0.6 is 0 Å². The predicted molar refractivity (Wildman–Crippen MR) is 104 cm³/mol. The molecule has 1 aliphatic heterocycles. The van der Waals surface area contributed by atoms with Crippen molar-refractivity contribution in [2.75, 3.05) is 31.2 Å². The highest BCUT2D eigenvalue weighted by Crippen LogP contribution is 2.26. The number of carbonyl (C=O) groups excluding carboxylic acids is 1. The van der Waals surface area contributed by atoms with Crippen molar-refractivity contribution in [1.29, 1.82) is 0 Å². The summed E-state index contributed by atoms with van der Waals surface area (Å²) in [5, 5.41) is 11.6. The molecule has 27 heavy (non-hydrogen) atoms. The number of amides is 1. The molecule has 1 saturated heterocycles. The summed E-state index contributed by atoms with van der Waals surface area (Å²) in [6.07, 6.45) is 0.172. The molecule has 2 aromatic carbocycles. The number of aliphatic hydroxyl groups is 1. The van der Waals surface area contributed by atoms with Crippen molar-refractivity contribution in [2.24, 2.45) is 0 Å². The van der Waals surface area contributed by atoms with E-state index in [1.165, 1.54) is 0 Å². The number of ether oxygens (including phenoxy) is 2. The maximum absolute atomic E-state index is 11.3. The molecule has 1 aliphatic rings. The number of benzene rings is 2. The third kappa shape index (κ3) is 4.92. The first-order valence-corrected chi connectivity index (χ1v) is 9.23. The minimum Gasteiger partial charge on any atom is -0.494 e. The van der Waals surface area contributed by atoms with Crippen molar-refractivity contribution in [1.82, 2.24) is 5.32 Å². The number of hydrogen-bond donors (Lipinski definition) is 2. The van der Waals surface area contributed by atoms with Crippen molar-refractivity contribution in [2.45, 2.75) is 26.0 Å². The van der Waals surface area contributed by atoms with Crippen LogP contribution in [0.25, 0.3) is 0 Å². The zero-order valence-corrected chi connectivity index (χ0v) is 15.7. The van der Waals surface area contributed by atoms with Crippen LogP contribution in [0.3, 0.4) is 0 Å². The molecule has 1 atom stereocenters. The average Bonchev–Trinajstić information content (AvgIpc) is 2.66. The first-order valence-electron chi connectivity index (χ1n) is 9.23. The van der Waals surface area contributed by atoms with Crippen LogP contribution < -0.4 is 19.7 Å². The lowest BCUT2D eigenvalue weighted by Gasteiger charge is -2.40. The van der Waals surface area contributed by atoms with Gasteiger partial charge in [0.1, 0.15) is 24.2 Å². The Morgan fingerprint density at radius 3 is 2.37 bits per heavy atom. The maximum atomic E-state index is 11.3. The molecule has 0 aromatic heterocycles. The van der Waals surface area contributed by atoms with Gasteiger partial charge in [0.2, 0.25) is 5.91 Å². The van der Waals surface area contributed by atoms with E-state index in [4.69, 9.17) is 14.6 Å². The molecular weight excluding hydrogens is 344 g/mol. The molecule has 1 heterocycles. The maximum Gasteiger partial charge on any atom is 0.246 e. The highest BCUT2D eigenvalue weighted by molar-refractivity contribution is 5.77. The summed E-state index contributed by atoms with van der Waals surface area (Å²) >= 11 is 0. The minimum absolute atomic E-state index is 0.133. The molecule has 0 radical (unpaired) electrons. The van der Waals surface area contributed by atoms with Crippen molar-refractivity contribution < 1.29 is 19.4 Å². The van der Waals surface area contributed by atoms with Crippen LogP contribution in [0.5, 0.6) is 11.5 Å². The highest BCUT2D eigenvalue weighted by Gasteiger charge is 2.28. The van der Waals surface area contributed by atoms with Crippen molar-refractivity contribution >= 4 is 11.6 Å². The number of aliphatic hydroxyl groups excluding tert-OH is 1. The molecule has 0 aliphatic carbocycles. The van der Waals surface area contributed by atoms with Gasteiger partial charge in [-0.15, -0.1) is 0 Å². The molecule has 2 aromatic rings. The summed E-state index contributed by atoms with van der Waals surface area (Å²) in [6, 6.07) is 15.7. The minimum atomic E-state index is -0.494. The van der Waals surface area contributed by atoms with Gasteiger partial charge >= 0.3 is 0 Å². The lowest BCUT2D eigenvalue weighted by atomic mass is 10.1. The average molecular weight is 370 g/mol. The number of rotatable bonds is 8. The number of anilines is 1. The molecule has 0 spiro atoms. The zero-order chi connectivity index (χ0) is 19.2. The molecule has 2 N–H and O–H groups in total. The van der Waals surface area contributed by atoms with E-state index in [-0.39, 0.29) is 18.1 Å². The number of hydrogen-bond acceptors (Lipinski definition) is 5. The summed E-state index contributed by atoms with van der Waals surface area (Å²) in [4.78, 5) is 13.5. The third-order valence-corrected chi connectivity index (χ3v) is 4.56. The van der Waals surface area contributed by atoms with E-state index < -0.39 is 6.61 Å². The second-order valence-corrected chi connectivity index (χ2v) is 6.59. The van der Waals surface area contributed by atoms with Gasteiger partial charge in [-0.3, -0.25) is 4.79 Å². The SMILES string of the molecule is CCOc1ccc(OC2CN(c3ccc([C@H](C)NC(=O)CO)cc3)C2)cc1. The van der Waals surface area contributed by atoms with Crippen LogP contribution in [0.2, 0.25) is 0 Å². The monoisotopic (exact) mass is 370 g/mol. The molecule has 6 nitrogen and oxygen atoms in total. The van der Waals surface area contributed by atoms with Gasteiger partial charge in [-0.25, -0.2) is 0 Å². The summed E-state index contributed by atoms with van der Waals surface area (Å²) < 4.78 is 11.4. The van der Waals surface area contributed by atoms with Crippen LogP contribution in [0.15, 0.2) is 48.5 Å². The fourth-order valence-corrected chi connectivity index (χ4v) is 3.04. The van der Waals surface area contributed by atoms with Gasteiger partial charge in [-0.2, -0.15) is 0 Å². The van der Waals surface area contributed by atoms with E-state index in [2.05, 4.69) is 10.2 Å². The van der Waals surface area contributed by atoms with Gasteiger partial charge in [-0.1, -0.05) is 12.1 Å². The largest absolute Gasteiger partial charge is 0.494 e. The summed E-state index contributed by atoms with van der Waals surface area (Å²) in [5.74, 6) is 1.33. The number of nitrogens with one attached hydrogen (secondary N) is 1. The Bertz CT molecular complexity index is 740. The quantitative estimate of drug-likeness (QED) is 0.747. The first-order chi connectivity index (χ1) is 13.1. The Balaban J connectivity index is 1.48. The van der Waals surface area contributed by atoms with Crippen LogP contribution in [0.1, 0.15) is 25.5 Å². The summed E-state index contributed by atoms with van der Waals surface area (Å²) in [7, 11) is 0. The Morgan fingerprint density at radius 2 is 1.78 bits per heavy atom. The Labute approximate surface area is 159 Å². The van der Waals surface area contributed by atoms with E-state index >= 15 is 0 Å². The molecule has 6 heteroatoms. The van der Waals surface area contributed by atoms with Gasteiger partial charge in [-0.05, 0) is 55.8 Å². The Kier molecular flexibility index (Phi) is 6.19. The molecule has 0 bridgehead atoms. The number of nitrogens with zero attached hydrogens (tertiary/aromatic N) is 1. The third-order valence-electron chi connectivity index (χ3n) is 4.56. The van der Waals surface area contributed by atoms with E-state index in [9.17, 15) is 4.79 Å². The predicted octanol–water partition coefficient (Wildman–Crippen LogP) is 2.52. The summed E-state index contributed by atoms with van der Waals surface area (Å²) in [5.41, 5.74) is 2.13. The van der Waals surface area contributed by atoms with Gasteiger partial charge in [0.15, 0.2) is 0 Å². The topological polar surface area (TPSA) is 71.0 Å². The molecule has 3 rings (SSSR count). The van der Waals surface area contributed by atoms with Gasteiger partial charge in [0, 0.05) is 5.69 Å². The Hall–Kier alpha value is -2.73. The Morgan fingerprint density at radius 1 is 1.15 bits per heavy atom. The van der Waals surface area contributed by atoms with E-state index in [1.54, 1.807) is 0 Å². The highest BCUT2D eigenvalue weighted by atomic mass is 16.5. The van der Waals surface area contributed by atoms with Gasteiger partial charge in [0.25, 0.3) is 0 Å².